The second-order valence-electron chi connectivity index (χ2n) is 4.56. The monoisotopic (exact) mass is 278 g/mol. The van der Waals surface area contributed by atoms with E-state index in [0.717, 1.165) is 0 Å². The van der Waals surface area contributed by atoms with Crippen LogP contribution in [0.3, 0.4) is 0 Å². The van der Waals surface area contributed by atoms with Crippen LogP contribution in [0.15, 0.2) is 48.5 Å². The van der Waals surface area contributed by atoms with E-state index in [1.54, 1.807) is 0 Å². The second-order valence-corrected chi connectivity index (χ2v) is 12.3. The zero-order chi connectivity index (χ0) is 12.0. The first-order chi connectivity index (χ1) is 8.09. The first-order valence-electron chi connectivity index (χ1n) is 5.65. The first kappa shape index (κ1) is 11.3. The van der Waals surface area contributed by atoms with Gasteiger partial charge in [0, 0.05) is 5.54 Å². The lowest BCUT2D eigenvalue weighted by molar-refractivity contribution is 1.17. The summed E-state index contributed by atoms with van der Waals surface area (Å²) in [5, 5.41) is 0. The first-order valence-corrected chi connectivity index (χ1v) is 10.2. The van der Waals surface area contributed by atoms with Gasteiger partial charge in [0.15, 0.2) is 0 Å². The Morgan fingerprint density at radius 2 is 1.24 bits per heavy atom. The van der Waals surface area contributed by atoms with Crippen LogP contribution in [-0.2, 0) is 0 Å². The lowest BCUT2D eigenvalue weighted by atomic mass is 10.1. The van der Waals surface area contributed by atoms with E-state index in [1.807, 2.05) is 6.55 Å². The molecule has 0 spiro atoms. The molecule has 0 amide bonds. The number of hydrogen-bond acceptors (Lipinski definition) is 0. The smallest absolute Gasteiger partial charge is 0.145 e. The summed E-state index contributed by atoms with van der Waals surface area (Å²) < 4.78 is 0. The van der Waals surface area contributed by atoms with Crippen molar-refractivity contribution in [1.29, 1.82) is 0 Å². The van der Waals surface area contributed by atoms with Crippen LogP contribution in [-0.4, -0.2) is 6.69 Å². The third-order valence-corrected chi connectivity index (χ3v) is 6.29. The predicted molar refractivity (Wildman–Crippen MR) is 77.0 cm³/mol. The van der Waals surface area contributed by atoms with Crippen molar-refractivity contribution in [2.24, 2.45) is 0 Å². The molecule has 17 heavy (non-hydrogen) atoms. The molecule has 0 fully saturated rings. The summed E-state index contributed by atoms with van der Waals surface area (Å²) >= 11 is 13.0. The van der Waals surface area contributed by atoms with Gasteiger partial charge in [0.1, 0.15) is 0 Å². The van der Waals surface area contributed by atoms with Gasteiger partial charge in [-0.15, -0.1) is 22.2 Å². The minimum absolute atomic E-state index is 0.193. The lowest BCUT2D eigenvalue weighted by Crippen LogP contribution is -2.25. The van der Waals surface area contributed by atoms with Crippen LogP contribution < -0.4 is 0 Å². The summed E-state index contributed by atoms with van der Waals surface area (Å²) in [7, 11) is 0. The number of fused-ring (bicyclic) bond motifs is 3. The van der Waals surface area contributed by atoms with Gasteiger partial charge >= 0.3 is 0 Å². The van der Waals surface area contributed by atoms with Crippen LogP contribution in [0.5, 0.6) is 0 Å². The SMILES string of the molecule is C[Si](Cl)(Cl)C1c2ccccc2-c2ccccc21. The van der Waals surface area contributed by atoms with Crippen LogP contribution in [0.25, 0.3) is 11.1 Å². The molecule has 0 nitrogen and oxygen atoms in total. The Hall–Kier alpha value is -0.763. The molecule has 2 aromatic rings. The number of rotatable bonds is 1. The molecule has 0 aromatic heterocycles. The summed E-state index contributed by atoms with van der Waals surface area (Å²) in [6, 6.07) is 16.9. The molecule has 1 aliphatic carbocycles. The number of halogens is 2. The van der Waals surface area contributed by atoms with Gasteiger partial charge < -0.3 is 0 Å². The molecule has 3 rings (SSSR count). The summed E-state index contributed by atoms with van der Waals surface area (Å²) in [5.74, 6) is 0. The van der Waals surface area contributed by atoms with E-state index < -0.39 is 6.69 Å². The Bertz CT molecular complexity index is 527. The van der Waals surface area contributed by atoms with Gasteiger partial charge in [0.2, 0.25) is 0 Å². The van der Waals surface area contributed by atoms with Crippen molar-refractivity contribution in [3.05, 3.63) is 59.7 Å². The van der Waals surface area contributed by atoms with Gasteiger partial charge in [-0.2, -0.15) is 0 Å². The van der Waals surface area contributed by atoms with Crippen molar-refractivity contribution < 1.29 is 0 Å². The largest absolute Gasteiger partial charge is 0.259 e. The molecule has 1 aliphatic rings. The third-order valence-electron chi connectivity index (χ3n) is 3.34. The molecule has 2 aromatic carbocycles. The maximum atomic E-state index is 6.50. The Balaban J connectivity index is 2.31. The van der Waals surface area contributed by atoms with Gasteiger partial charge in [0.25, 0.3) is 6.69 Å². The molecule has 0 heterocycles. The normalized spacial score (nSPS) is 14.5. The fourth-order valence-corrected chi connectivity index (χ4v) is 5.71. The number of hydrogen-bond donors (Lipinski definition) is 0. The molecule has 0 aliphatic heterocycles. The van der Waals surface area contributed by atoms with Gasteiger partial charge in [-0.25, -0.2) is 0 Å². The second kappa shape index (κ2) is 3.87. The van der Waals surface area contributed by atoms with Crippen LogP contribution in [0.4, 0.5) is 0 Å². The molecular weight excluding hydrogens is 267 g/mol. The van der Waals surface area contributed by atoms with Crippen molar-refractivity contribution in [2.45, 2.75) is 12.1 Å². The fraction of sp³-hybridized carbons (Fsp3) is 0.143. The quantitative estimate of drug-likeness (QED) is 0.515. The average Bonchev–Trinajstić information content (AvgIpc) is 2.63. The molecule has 0 saturated carbocycles. The topological polar surface area (TPSA) is 0 Å². The van der Waals surface area contributed by atoms with Crippen molar-refractivity contribution in [1.82, 2.24) is 0 Å². The summed E-state index contributed by atoms with van der Waals surface area (Å²) in [5.41, 5.74) is 5.33. The minimum Gasteiger partial charge on any atom is -0.145 e. The van der Waals surface area contributed by atoms with Crippen molar-refractivity contribution >= 4 is 28.9 Å². The molecule has 3 heteroatoms. The molecule has 0 bridgehead atoms. The highest BCUT2D eigenvalue weighted by atomic mass is 35.7. The van der Waals surface area contributed by atoms with E-state index in [9.17, 15) is 0 Å². The van der Waals surface area contributed by atoms with E-state index in [-0.39, 0.29) is 5.54 Å². The molecule has 0 N–H and O–H groups in total. The lowest BCUT2D eigenvalue weighted by Gasteiger charge is -2.21. The molecule has 86 valence electrons. The van der Waals surface area contributed by atoms with E-state index in [4.69, 9.17) is 22.2 Å². The summed E-state index contributed by atoms with van der Waals surface area (Å²) in [6.07, 6.45) is 0. The van der Waals surface area contributed by atoms with Crippen LogP contribution in [0.1, 0.15) is 16.7 Å². The molecule has 0 unspecified atom stereocenters. The van der Waals surface area contributed by atoms with Gasteiger partial charge in [-0.05, 0) is 28.8 Å². The van der Waals surface area contributed by atoms with E-state index in [2.05, 4.69) is 48.5 Å². The highest BCUT2D eigenvalue weighted by molar-refractivity contribution is 7.45. The van der Waals surface area contributed by atoms with Crippen LogP contribution in [0, 0.1) is 0 Å². The number of benzene rings is 2. The maximum Gasteiger partial charge on any atom is 0.259 e. The van der Waals surface area contributed by atoms with Gasteiger partial charge in [-0.1, -0.05) is 48.5 Å². The van der Waals surface area contributed by atoms with E-state index >= 15 is 0 Å². The molecule has 0 atom stereocenters. The van der Waals surface area contributed by atoms with Crippen molar-refractivity contribution in [3.63, 3.8) is 0 Å². The molecule has 0 radical (unpaired) electrons. The fourth-order valence-electron chi connectivity index (χ4n) is 2.70. The van der Waals surface area contributed by atoms with Crippen LogP contribution in [0.2, 0.25) is 6.55 Å². The van der Waals surface area contributed by atoms with Gasteiger partial charge in [-0.3, -0.25) is 0 Å². The summed E-state index contributed by atoms with van der Waals surface area (Å²) in [4.78, 5) is 0. The predicted octanol–water partition coefficient (Wildman–Crippen LogP) is 4.89. The van der Waals surface area contributed by atoms with Crippen LogP contribution >= 0.6 is 22.2 Å². The van der Waals surface area contributed by atoms with Gasteiger partial charge in [0.05, 0.1) is 0 Å². The Morgan fingerprint density at radius 3 is 1.65 bits per heavy atom. The zero-order valence-corrected chi connectivity index (χ0v) is 12.0. The standard InChI is InChI=1S/C14H12Cl2Si/c1-17(15,16)14-12-8-4-2-6-10(12)11-7-3-5-9-13(11)14/h2-9,14H,1H3. The highest BCUT2D eigenvalue weighted by Crippen LogP contribution is 2.50. The Kier molecular flexibility index (Phi) is 2.58. The van der Waals surface area contributed by atoms with E-state index in [0.29, 0.717) is 0 Å². The van der Waals surface area contributed by atoms with Crippen molar-refractivity contribution in [3.8, 4) is 11.1 Å². The molecular formula is C14H12Cl2Si. The maximum absolute atomic E-state index is 6.50. The summed E-state index contributed by atoms with van der Waals surface area (Å²) in [6.45, 7) is -0.283. The molecule has 0 saturated heterocycles. The van der Waals surface area contributed by atoms with Crippen molar-refractivity contribution in [2.75, 3.05) is 0 Å². The average molecular weight is 279 g/mol. The Labute approximate surface area is 112 Å². The zero-order valence-electron chi connectivity index (χ0n) is 9.45. The third kappa shape index (κ3) is 1.73. The Morgan fingerprint density at radius 1 is 0.824 bits per heavy atom. The highest BCUT2D eigenvalue weighted by Gasteiger charge is 2.41. The van der Waals surface area contributed by atoms with E-state index in [1.165, 1.54) is 22.3 Å². The minimum atomic E-state index is -2.28.